The highest BCUT2D eigenvalue weighted by molar-refractivity contribution is 8.00. The Labute approximate surface area is 234 Å². The van der Waals surface area contributed by atoms with Gasteiger partial charge in [-0.2, -0.15) is 4.57 Å². The second-order valence-electron chi connectivity index (χ2n) is 8.45. The zero-order chi connectivity index (χ0) is 27.7. The maximum absolute atomic E-state index is 13.1. The third-order valence-corrected chi connectivity index (χ3v) is 9.06. The quantitative estimate of drug-likeness (QED) is 0.0835. The van der Waals surface area contributed by atoms with Gasteiger partial charge in [-0.05, 0) is 12.1 Å². The van der Waals surface area contributed by atoms with Crippen LogP contribution in [0.5, 0.6) is 0 Å². The first-order valence-electron chi connectivity index (χ1n) is 11.6. The summed E-state index contributed by atoms with van der Waals surface area (Å²) in [6.45, 7) is 0.358. The second-order valence-corrected chi connectivity index (χ2v) is 11.6. The molecule has 2 atom stereocenters. The number of nitrogen functional groups attached to an aromatic ring is 1. The zero-order valence-electron chi connectivity index (χ0n) is 20.5. The van der Waals surface area contributed by atoms with E-state index in [-0.39, 0.29) is 35.4 Å². The van der Waals surface area contributed by atoms with E-state index in [1.165, 1.54) is 35.5 Å². The van der Waals surface area contributed by atoms with Gasteiger partial charge in [-0.3, -0.25) is 14.5 Å². The molecule has 0 radical (unpaired) electrons. The fourth-order valence-corrected chi connectivity index (χ4v) is 7.02. The number of carboxylic acids is 1. The van der Waals surface area contributed by atoms with Crippen molar-refractivity contribution in [2.24, 2.45) is 5.16 Å². The van der Waals surface area contributed by atoms with Crippen molar-refractivity contribution in [2.45, 2.75) is 23.0 Å². The molecule has 5 N–H and O–H groups in total. The Morgan fingerprint density at radius 1 is 1.41 bits per heavy atom. The molecule has 39 heavy (non-hydrogen) atoms. The number of oxime groups is 1. The third kappa shape index (κ3) is 5.19. The molecule has 3 aromatic rings. The Kier molecular flexibility index (Phi) is 7.79. The number of nitrogens with one attached hydrogen (secondary N) is 1. The van der Waals surface area contributed by atoms with Crippen LogP contribution in [-0.2, 0) is 25.8 Å². The summed E-state index contributed by atoms with van der Waals surface area (Å²) in [5, 5.41) is 27.7. The predicted molar refractivity (Wildman–Crippen MR) is 145 cm³/mol. The lowest BCUT2D eigenvalue weighted by atomic mass is 10.0. The van der Waals surface area contributed by atoms with Crippen molar-refractivity contribution in [3.8, 4) is 0 Å². The molecule has 0 aromatic carbocycles. The summed E-state index contributed by atoms with van der Waals surface area (Å²) in [5.41, 5.74) is 7.15. The van der Waals surface area contributed by atoms with Crippen molar-refractivity contribution in [1.29, 1.82) is 0 Å². The normalized spacial score (nSPS) is 19.2. The standard InChI is InChI=1S/C23H23N7O6S3/c1-36-27-16(14-11-39-23(24)25-14)19(32)26-17-20(33)30-18(22(34)35)12(10-38-21(17)30)8-28-4-5-29-13(9-28)2-3-15(29)37-7-6-31/h2-5,9,11,17,21,31H,6-8,10H2,1H3,(H3-,24,25,26,32,34,35)/p+1/t17-,21+/m1/s1. The smallest absolute Gasteiger partial charge is 0.352 e. The van der Waals surface area contributed by atoms with E-state index in [0.29, 0.717) is 17.1 Å². The highest BCUT2D eigenvalue weighted by atomic mass is 32.2. The number of carbonyl (C=O) groups excluding carboxylic acids is 2. The number of rotatable bonds is 10. The molecule has 0 unspecified atom stereocenters. The van der Waals surface area contributed by atoms with Crippen molar-refractivity contribution >= 4 is 69.0 Å². The number of nitrogens with zero attached hydrogens (tertiary/aromatic N) is 5. The lowest BCUT2D eigenvalue weighted by Crippen LogP contribution is -2.71. The first-order chi connectivity index (χ1) is 18.8. The molecule has 5 rings (SSSR count). The largest absolute Gasteiger partial charge is 0.477 e. The number of hydrogen-bond acceptors (Lipinski definition) is 11. The maximum Gasteiger partial charge on any atom is 0.352 e. The average molecular weight is 591 g/mol. The van der Waals surface area contributed by atoms with Gasteiger partial charge >= 0.3 is 5.97 Å². The number of carbonyl (C=O) groups is 3. The lowest BCUT2D eigenvalue weighted by Gasteiger charge is -2.49. The number of β-lactam (4-membered cyclic amide) rings is 1. The number of thioether (sulfide) groups is 2. The van der Waals surface area contributed by atoms with Crippen LogP contribution in [0.2, 0.25) is 0 Å². The summed E-state index contributed by atoms with van der Waals surface area (Å²) >= 11 is 4.04. The number of nitrogens with two attached hydrogens (primary N) is 1. The Balaban J connectivity index is 1.33. The van der Waals surface area contributed by atoms with Crippen LogP contribution in [0.25, 0.3) is 5.52 Å². The number of aromatic nitrogens is 3. The SMILES string of the molecule is CON=C(C(=O)N[C@@H]1C(=O)N2C(C(=O)O)=C(C[n+]3ccn4c(SCCO)ccc4c3)CS[C@@H]12)c1csc(N)n1. The summed E-state index contributed by atoms with van der Waals surface area (Å²) in [5.74, 6) is -1.47. The summed E-state index contributed by atoms with van der Waals surface area (Å²) < 4.78 is 3.86. The highest BCUT2D eigenvalue weighted by Crippen LogP contribution is 2.40. The van der Waals surface area contributed by atoms with Gasteiger partial charge in [-0.15, -0.1) is 34.9 Å². The van der Waals surface area contributed by atoms with E-state index in [2.05, 4.69) is 15.5 Å². The van der Waals surface area contributed by atoms with Crippen LogP contribution in [0.15, 0.2) is 57.6 Å². The minimum Gasteiger partial charge on any atom is -0.477 e. The van der Waals surface area contributed by atoms with Gasteiger partial charge in [-0.1, -0.05) is 5.16 Å². The molecule has 2 aliphatic heterocycles. The molecular formula is C23H24N7O6S3+. The Hall–Kier alpha value is -3.60. The molecule has 1 saturated heterocycles. The van der Waals surface area contributed by atoms with Gasteiger partial charge < -0.3 is 30.5 Å². The summed E-state index contributed by atoms with van der Waals surface area (Å²) in [6.07, 6.45) is 5.61. The maximum atomic E-state index is 13.1. The monoisotopic (exact) mass is 590 g/mol. The number of amides is 2. The third-order valence-electron chi connectivity index (χ3n) is 6.03. The van der Waals surface area contributed by atoms with E-state index in [1.807, 2.05) is 39.7 Å². The Morgan fingerprint density at radius 2 is 2.23 bits per heavy atom. The van der Waals surface area contributed by atoms with Gasteiger partial charge in [0.25, 0.3) is 11.8 Å². The fraction of sp³-hybridized carbons (Fsp3) is 0.304. The van der Waals surface area contributed by atoms with Crippen LogP contribution in [0.4, 0.5) is 5.13 Å². The van der Waals surface area contributed by atoms with Crippen molar-refractivity contribution in [1.82, 2.24) is 19.6 Å². The second kappa shape index (κ2) is 11.3. The summed E-state index contributed by atoms with van der Waals surface area (Å²) in [4.78, 5) is 48.3. The number of carboxylic acid groups (broad SMARTS) is 1. The minimum absolute atomic E-state index is 0.0748. The van der Waals surface area contributed by atoms with E-state index in [4.69, 9.17) is 15.7 Å². The number of hydrogen-bond donors (Lipinski definition) is 4. The van der Waals surface area contributed by atoms with Crippen molar-refractivity contribution in [3.05, 3.63) is 53.1 Å². The molecule has 3 aromatic heterocycles. The van der Waals surface area contributed by atoms with Crippen LogP contribution in [0.3, 0.4) is 0 Å². The number of aliphatic carboxylic acids is 1. The predicted octanol–water partition coefficient (Wildman–Crippen LogP) is 0.139. The van der Waals surface area contributed by atoms with Gasteiger partial charge in [0, 0.05) is 22.5 Å². The van der Waals surface area contributed by atoms with Crippen LogP contribution < -0.4 is 15.6 Å². The molecule has 2 amide bonds. The van der Waals surface area contributed by atoms with Gasteiger partial charge in [0.15, 0.2) is 29.8 Å². The summed E-state index contributed by atoms with van der Waals surface area (Å²) in [6, 6.07) is 2.97. The molecule has 13 nitrogen and oxygen atoms in total. The fourth-order valence-electron chi connectivity index (χ4n) is 4.37. The van der Waals surface area contributed by atoms with E-state index in [9.17, 15) is 19.5 Å². The highest BCUT2D eigenvalue weighted by Gasteiger charge is 2.54. The van der Waals surface area contributed by atoms with Crippen LogP contribution in [0, 0.1) is 0 Å². The molecule has 5 heterocycles. The molecule has 0 spiro atoms. The van der Waals surface area contributed by atoms with E-state index in [1.54, 1.807) is 5.38 Å². The van der Waals surface area contributed by atoms with Gasteiger partial charge in [0.2, 0.25) is 0 Å². The lowest BCUT2D eigenvalue weighted by molar-refractivity contribution is -0.688. The number of aliphatic hydroxyl groups is 1. The molecule has 204 valence electrons. The van der Waals surface area contributed by atoms with Crippen LogP contribution in [-0.4, -0.2) is 84.6 Å². The molecule has 1 fully saturated rings. The minimum atomic E-state index is -1.21. The molecule has 16 heteroatoms. The number of thiazole rings is 1. The molecular weight excluding hydrogens is 566 g/mol. The summed E-state index contributed by atoms with van der Waals surface area (Å²) in [7, 11) is 1.28. The molecule has 0 bridgehead atoms. The zero-order valence-corrected chi connectivity index (χ0v) is 23.0. The molecule has 2 aliphatic rings. The van der Waals surface area contributed by atoms with Crippen molar-refractivity contribution in [2.75, 3.05) is 31.0 Å². The first-order valence-corrected chi connectivity index (χ1v) is 14.5. The number of fused-ring (bicyclic) bond motifs is 2. The average Bonchev–Trinajstić information content (AvgIpc) is 3.54. The molecule has 0 saturated carbocycles. The van der Waals surface area contributed by atoms with Crippen molar-refractivity contribution < 1.29 is 34.0 Å². The van der Waals surface area contributed by atoms with Crippen molar-refractivity contribution in [3.63, 3.8) is 0 Å². The Morgan fingerprint density at radius 3 is 2.92 bits per heavy atom. The van der Waals surface area contributed by atoms with Crippen LogP contribution in [0.1, 0.15) is 5.69 Å². The Bertz CT molecular complexity index is 1520. The topological polar surface area (TPSA) is 176 Å². The van der Waals surface area contributed by atoms with E-state index in [0.717, 1.165) is 21.9 Å². The van der Waals surface area contributed by atoms with Gasteiger partial charge in [-0.25, -0.2) is 9.78 Å². The first kappa shape index (κ1) is 27.0. The van der Waals surface area contributed by atoms with Gasteiger partial charge in [0.1, 0.15) is 35.4 Å². The van der Waals surface area contributed by atoms with Crippen LogP contribution >= 0.6 is 34.9 Å². The van der Waals surface area contributed by atoms with E-state index >= 15 is 0 Å². The van der Waals surface area contributed by atoms with Gasteiger partial charge in [0.05, 0.1) is 17.8 Å². The number of aliphatic hydroxyl groups excluding tert-OH is 1. The number of anilines is 1. The van der Waals surface area contributed by atoms with E-state index < -0.39 is 29.2 Å². The molecule has 0 aliphatic carbocycles.